The molecule has 33 heavy (non-hydrogen) atoms. The zero-order chi connectivity index (χ0) is 22.8. The molecular weight excluding hydrogens is 456 g/mol. The van der Waals surface area contributed by atoms with Gasteiger partial charge in [-0.2, -0.15) is 0 Å². The summed E-state index contributed by atoms with van der Waals surface area (Å²) >= 11 is 7.70. The highest BCUT2D eigenvalue weighted by molar-refractivity contribution is 7.17. The predicted octanol–water partition coefficient (Wildman–Crippen LogP) is 4.89. The Balaban J connectivity index is 1.36. The molecule has 0 unspecified atom stereocenters. The normalized spacial score (nSPS) is 15.8. The van der Waals surface area contributed by atoms with Crippen LogP contribution in [-0.4, -0.2) is 47.9 Å². The summed E-state index contributed by atoms with van der Waals surface area (Å²) in [6.07, 6.45) is 7.22. The smallest absolute Gasteiger partial charge is 0.257 e. The van der Waals surface area contributed by atoms with Crippen molar-refractivity contribution in [1.82, 2.24) is 9.88 Å². The van der Waals surface area contributed by atoms with Crippen molar-refractivity contribution in [3.05, 3.63) is 75.4 Å². The quantitative estimate of drug-likeness (QED) is 0.577. The van der Waals surface area contributed by atoms with E-state index in [-0.39, 0.29) is 11.8 Å². The second kappa shape index (κ2) is 9.53. The lowest BCUT2D eigenvalue weighted by Crippen LogP contribution is -2.49. The summed E-state index contributed by atoms with van der Waals surface area (Å²) in [4.78, 5) is 35.9. The van der Waals surface area contributed by atoms with Gasteiger partial charge in [0, 0.05) is 54.2 Å². The maximum absolute atomic E-state index is 13.7. The van der Waals surface area contributed by atoms with Gasteiger partial charge >= 0.3 is 0 Å². The molecule has 3 heterocycles. The Morgan fingerprint density at radius 2 is 1.85 bits per heavy atom. The van der Waals surface area contributed by atoms with Crippen LogP contribution in [0.3, 0.4) is 0 Å². The van der Waals surface area contributed by atoms with Gasteiger partial charge in [0.05, 0.1) is 11.1 Å². The van der Waals surface area contributed by atoms with E-state index in [1.165, 1.54) is 4.88 Å². The molecule has 2 aliphatic rings. The first-order valence-electron chi connectivity index (χ1n) is 11.3. The van der Waals surface area contributed by atoms with E-state index in [2.05, 4.69) is 15.2 Å². The summed E-state index contributed by atoms with van der Waals surface area (Å²) in [6.45, 7) is 2.75. The van der Waals surface area contributed by atoms with Gasteiger partial charge in [-0.15, -0.1) is 11.3 Å². The number of piperazine rings is 1. The minimum absolute atomic E-state index is 0.0154. The zero-order valence-corrected chi connectivity index (χ0v) is 19.8. The van der Waals surface area contributed by atoms with Crippen LogP contribution in [-0.2, 0) is 12.8 Å². The summed E-state index contributed by atoms with van der Waals surface area (Å²) < 4.78 is 0. The molecule has 2 aromatic heterocycles. The monoisotopic (exact) mass is 480 g/mol. The molecule has 0 saturated carbocycles. The number of thiophene rings is 1. The van der Waals surface area contributed by atoms with Crippen molar-refractivity contribution in [1.29, 1.82) is 0 Å². The van der Waals surface area contributed by atoms with Gasteiger partial charge in [-0.25, -0.2) is 0 Å². The minimum Gasteiger partial charge on any atom is -0.368 e. The van der Waals surface area contributed by atoms with Gasteiger partial charge in [-0.05, 0) is 61.6 Å². The highest BCUT2D eigenvalue weighted by Crippen LogP contribution is 2.39. The van der Waals surface area contributed by atoms with Crippen LogP contribution in [0.2, 0.25) is 5.02 Å². The van der Waals surface area contributed by atoms with Crippen LogP contribution in [0.5, 0.6) is 0 Å². The number of rotatable bonds is 4. The number of pyridine rings is 1. The number of amides is 2. The van der Waals surface area contributed by atoms with Gasteiger partial charge < -0.3 is 15.1 Å². The van der Waals surface area contributed by atoms with E-state index in [0.29, 0.717) is 34.2 Å². The molecular formula is C25H25ClN4O2S. The summed E-state index contributed by atoms with van der Waals surface area (Å²) in [5.74, 6) is -0.219. The molecule has 1 aliphatic heterocycles. The minimum atomic E-state index is -0.235. The summed E-state index contributed by atoms with van der Waals surface area (Å²) in [6, 6.07) is 11.3. The lowest BCUT2D eigenvalue weighted by molar-refractivity contribution is 0.0747. The molecule has 0 radical (unpaired) electrons. The number of hydrogen-bond donors (Lipinski definition) is 1. The molecule has 6 nitrogen and oxygen atoms in total. The number of carbonyl (C=O) groups is 2. The van der Waals surface area contributed by atoms with E-state index < -0.39 is 0 Å². The standard InChI is InChI=1S/C25H25ClN4O2S/c26-18-6-3-7-19(15-18)29-11-13-30(14-12-29)25(32)22-20-8-1-2-9-21(20)33-24(22)28-23(31)17-5-4-10-27-16-17/h3-7,10,15-16H,1-2,8-9,11-14H2,(H,28,31). The van der Waals surface area contributed by atoms with E-state index in [1.54, 1.807) is 35.9 Å². The SMILES string of the molecule is O=C(Nc1sc2c(c1C(=O)N1CCN(c3cccc(Cl)c3)CC1)CCCC2)c1cccnc1. The fourth-order valence-corrected chi connectivity index (χ4v) is 6.01. The first-order valence-corrected chi connectivity index (χ1v) is 12.5. The molecule has 1 fully saturated rings. The van der Waals surface area contributed by atoms with Crippen molar-refractivity contribution in [2.75, 3.05) is 36.4 Å². The molecule has 1 N–H and O–H groups in total. The van der Waals surface area contributed by atoms with Gasteiger partial charge in [0.1, 0.15) is 5.00 Å². The molecule has 0 bridgehead atoms. The van der Waals surface area contributed by atoms with Crippen molar-refractivity contribution in [3.8, 4) is 0 Å². The average Bonchev–Trinajstić information content (AvgIpc) is 3.22. The Labute approximate surface area is 202 Å². The largest absolute Gasteiger partial charge is 0.368 e. The summed E-state index contributed by atoms with van der Waals surface area (Å²) in [7, 11) is 0. The van der Waals surface area contributed by atoms with Crippen LogP contribution < -0.4 is 10.2 Å². The van der Waals surface area contributed by atoms with Crippen molar-refractivity contribution < 1.29 is 9.59 Å². The third kappa shape index (κ3) is 4.61. The third-order valence-corrected chi connectivity index (χ3v) is 7.72. The van der Waals surface area contributed by atoms with Crippen LogP contribution in [0, 0.1) is 0 Å². The highest BCUT2D eigenvalue weighted by atomic mass is 35.5. The highest BCUT2D eigenvalue weighted by Gasteiger charge is 2.31. The Kier molecular flexibility index (Phi) is 6.33. The van der Waals surface area contributed by atoms with Gasteiger partial charge in [-0.3, -0.25) is 14.6 Å². The van der Waals surface area contributed by atoms with E-state index >= 15 is 0 Å². The van der Waals surface area contributed by atoms with E-state index in [0.717, 1.165) is 50.0 Å². The maximum atomic E-state index is 13.7. The molecule has 0 atom stereocenters. The van der Waals surface area contributed by atoms with Crippen LogP contribution in [0.4, 0.5) is 10.7 Å². The van der Waals surface area contributed by atoms with Gasteiger partial charge in [-0.1, -0.05) is 17.7 Å². The Morgan fingerprint density at radius 1 is 1.03 bits per heavy atom. The number of nitrogens with one attached hydrogen (secondary N) is 1. The van der Waals surface area contributed by atoms with Crippen LogP contribution in [0.1, 0.15) is 44.0 Å². The van der Waals surface area contributed by atoms with Crippen molar-refractivity contribution in [2.45, 2.75) is 25.7 Å². The second-order valence-electron chi connectivity index (χ2n) is 8.37. The number of hydrogen-bond acceptors (Lipinski definition) is 5. The molecule has 5 rings (SSSR count). The van der Waals surface area contributed by atoms with E-state index in [4.69, 9.17) is 11.6 Å². The lowest BCUT2D eigenvalue weighted by Gasteiger charge is -2.36. The van der Waals surface area contributed by atoms with Gasteiger partial charge in [0.25, 0.3) is 11.8 Å². The Hall–Kier alpha value is -2.90. The molecule has 0 spiro atoms. The first-order chi connectivity index (χ1) is 16.1. The molecule has 3 aromatic rings. The molecule has 1 aromatic carbocycles. The zero-order valence-electron chi connectivity index (χ0n) is 18.2. The predicted molar refractivity (Wildman–Crippen MR) is 133 cm³/mol. The molecule has 2 amide bonds. The van der Waals surface area contributed by atoms with Crippen LogP contribution in [0.15, 0.2) is 48.8 Å². The molecule has 170 valence electrons. The fourth-order valence-electron chi connectivity index (χ4n) is 4.55. The van der Waals surface area contributed by atoms with E-state index in [9.17, 15) is 9.59 Å². The van der Waals surface area contributed by atoms with Crippen LogP contribution >= 0.6 is 22.9 Å². The number of benzene rings is 1. The van der Waals surface area contributed by atoms with E-state index in [1.807, 2.05) is 29.2 Å². The van der Waals surface area contributed by atoms with Gasteiger partial charge in [0.2, 0.25) is 0 Å². The topological polar surface area (TPSA) is 65.5 Å². The molecule has 1 aliphatic carbocycles. The summed E-state index contributed by atoms with van der Waals surface area (Å²) in [5.41, 5.74) is 3.36. The lowest BCUT2D eigenvalue weighted by atomic mass is 9.95. The average molecular weight is 481 g/mol. The van der Waals surface area contributed by atoms with Crippen LogP contribution in [0.25, 0.3) is 0 Å². The first kappa shape index (κ1) is 21.9. The Bertz CT molecular complexity index is 1170. The molecule has 1 saturated heterocycles. The second-order valence-corrected chi connectivity index (χ2v) is 9.91. The number of nitrogens with zero attached hydrogens (tertiary/aromatic N) is 3. The number of carbonyl (C=O) groups excluding carboxylic acids is 2. The Morgan fingerprint density at radius 3 is 2.61 bits per heavy atom. The fraction of sp³-hybridized carbons (Fsp3) is 0.320. The van der Waals surface area contributed by atoms with Gasteiger partial charge in [0.15, 0.2) is 0 Å². The van der Waals surface area contributed by atoms with Crippen molar-refractivity contribution in [2.24, 2.45) is 0 Å². The maximum Gasteiger partial charge on any atom is 0.257 e. The number of anilines is 2. The number of aryl methyl sites for hydroxylation is 1. The third-order valence-electron chi connectivity index (χ3n) is 6.28. The van der Waals surface area contributed by atoms with Crippen molar-refractivity contribution >= 4 is 45.4 Å². The van der Waals surface area contributed by atoms with Crippen molar-refractivity contribution in [3.63, 3.8) is 0 Å². The number of aromatic nitrogens is 1. The number of halogens is 1. The summed E-state index contributed by atoms with van der Waals surface area (Å²) in [5, 5.41) is 4.39. The number of fused-ring (bicyclic) bond motifs is 1. The molecule has 8 heteroatoms.